The molecular weight excluding hydrogens is 256 g/mol. The summed E-state index contributed by atoms with van der Waals surface area (Å²) >= 11 is 1.77. The van der Waals surface area contributed by atoms with Crippen molar-refractivity contribution in [2.75, 3.05) is 0 Å². The van der Waals surface area contributed by atoms with Gasteiger partial charge in [-0.3, -0.25) is 4.79 Å². The number of nitrogens with zero attached hydrogens (tertiary/aromatic N) is 1. The van der Waals surface area contributed by atoms with Crippen molar-refractivity contribution in [3.63, 3.8) is 0 Å². The van der Waals surface area contributed by atoms with Crippen LogP contribution in [0.5, 0.6) is 0 Å². The second-order valence-corrected chi connectivity index (χ2v) is 6.24. The zero-order chi connectivity index (χ0) is 13.1. The van der Waals surface area contributed by atoms with Crippen molar-refractivity contribution in [1.29, 1.82) is 0 Å². The molecule has 0 unspecified atom stereocenters. The fraction of sp³-hybridized carbons (Fsp3) is 0.467. The molecule has 2 aromatic rings. The van der Waals surface area contributed by atoms with E-state index < -0.39 is 0 Å². The van der Waals surface area contributed by atoms with Gasteiger partial charge in [0.1, 0.15) is 0 Å². The Kier molecular flexibility index (Phi) is 3.78. The molecule has 1 fully saturated rings. The molecule has 1 N–H and O–H groups in total. The van der Waals surface area contributed by atoms with Crippen molar-refractivity contribution in [3.05, 3.63) is 29.3 Å². The zero-order valence-corrected chi connectivity index (χ0v) is 11.7. The van der Waals surface area contributed by atoms with Gasteiger partial charge in [0.2, 0.25) is 5.91 Å². The highest BCUT2D eigenvalue weighted by atomic mass is 32.1. The highest BCUT2D eigenvalue weighted by Crippen LogP contribution is 2.23. The molecule has 0 bridgehead atoms. The number of rotatable bonds is 6. The summed E-state index contributed by atoms with van der Waals surface area (Å²) < 4.78 is 1.25. The third-order valence-electron chi connectivity index (χ3n) is 3.33. The number of aryl methyl sites for hydroxylation is 1. The van der Waals surface area contributed by atoms with Gasteiger partial charge < -0.3 is 5.32 Å². The van der Waals surface area contributed by atoms with E-state index in [1.165, 1.54) is 9.71 Å². The molecule has 1 aliphatic rings. The van der Waals surface area contributed by atoms with E-state index in [4.69, 9.17) is 0 Å². The van der Waals surface area contributed by atoms with E-state index in [1.54, 1.807) is 11.3 Å². The quantitative estimate of drug-likeness (QED) is 0.821. The van der Waals surface area contributed by atoms with Crippen molar-refractivity contribution in [2.45, 2.75) is 44.6 Å². The molecule has 1 amide bonds. The predicted octanol–water partition coefficient (Wildman–Crippen LogP) is 3.29. The monoisotopic (exact) mass is 274 g/mol. The molecule has 1 saturated carbocycles. The first-order valence-corrected chi connectivity index (χ1v) is 7.77. The number of nitrogens with one attached hydrogen (secondary N) is 1. The molecule has 4 heteroatoms. The lowest BCUT2D eigenvalue weighted by Crippen LogP contribution is -2.24. The van der Waals surface area contributed by atoms with Crippen molar-refractivity contribution in [1.82, 2.24) is 10.3 Å². The van der Waals surface area contributed by atoms with E-state index in [1.807, 2.05) is 12.1 Å². The lowest BCUT2D eigenvalue weighted by Gasteiger charge is -2.02. The summed E-state index contributed by atoms with van der Waals surface area (Å²) in [6, 6.07) is 8.72. The van der Waals surface area contributed by atoms with E-state index in [0.717, 1.165) is 37.6 Å². The van der Waals surface area contributed by atoms with Gasteiger partial charge in [0.25, 0.3) is 0 Å². The van der Waals surface area contributed by atoms with Gasteiger partial charge in [-0.15, -0.1) is 11.3 Å². The Morgan fingerprint density at radius 1 is 1.32 bits per heavy atom. The lowest BCUT2D eigenvalue weighted by atomic mass is 10.2. The second-order valence-electron chi connectivity index (χ2n) is 5.12. The third kappa shape index (κ3) is 3.53. The van der Waals surface area contributed by atoms with Crippen LogP contribution < -0.4 is 5.32 Å². The van der Waals surface area contributed by atoms with Gasteiger partial charge in [-0.25, -0.2) is 4.98 Å². The standard InChI is InChI=1S/C15H18N2OS/c18-14(16-11-9-10-11)7-3-4-8-15-17-12-5-1-2-6-13(12)19-15/h1-2,5-6,11H,3-4,7-10H2,(H,16,18). The summed E-state index contributed by atoms with van der Waals surface area (Å²) in [7, 11) is 0. The van der Waals surface area contributed by atoms with Gasteiger partial charge in [0.05, 0.1) is 15.2 Å². The minimum absolute atomic E-state index is 0.215. The zero-order valence-electron chi connectivity index (χ0n) is 10.9. The maximum Gasteiger partial charge on any atom is 0.220 e. The van der Waals surface area contributed by atoms with Crippen LogP contribution in [0.3, 0.4) is 0 Å². The number of hydrogen-bond donors (Lipinski definition) is 1. The summed E-state index contributed by atoms with van der Waals surface area (Å²) in [4.78, 5) is 16.1. The van der Waals surface area contributed by atoms with Gasteiger partial charge >= 0.3 is 0 Å². The number of benzene rings is 1. The molecule has 3 nitrogen and oxygen atoms in total. The lowest BCUT2D eigenvalue weighted by molar-refractivity contribution is -0.121. The molecule has 0 saturated heterocycles. The largest absolute Gasteiger partial charge is 0.353 e. The van der Waals surface area contributed by atoms with E-state index >= 15 is 0 Å². The second kappa shape index (κ2) is 5.70. The molecule has 0 radical (unpaired) electrons. The first kappa shape index (κ1) is 12.6. The van der Waals surface area contributed by atoms with E-state index in [2.05, 4.69) is 22.4 Å². The van der Waals surface area contributed by atoms with E-state index in [0.29, 0.717) is 12.5 Å². The number of thiazole rings is 1. The van der Waals surface area contributed by atoms with Gasteiger partial charge in [-0.05, 0) is 44.2 Å². The van der Waals surface area contributed by atoms with Crippen LogP contribution in [0.15, 0.2) is 24.3 Å². The Bertz CT molecular complexity index is 541. The smallest absolute Gasteiger partial charge is 0.220 e. The Labute approximate surface area is 117 Å². The van der Waals surface area contributed by atoms with Crippen molar-refractivity contribution < 1.29 is 4.79 Å². The molecule has 1 aliphatic carbocycles. The maximum absolute atomic E-state index is 11.5. The minimum atomic E-state index is 0.215. The van der Waals surface area contributed by atoms with Crippen LogP contribution in [-0.4, -0.2) is 16.9 Å². The van der Waals surface area contributed by atoms with Crippen LogP contribution in [0.25, 0.3) is 10.2 Å². The molecule has 19 heavy (non-hydrogen) atoms. The summed E-state index contributed by atoms with van der Waals surface area (Å²) in [5.41, 5.74) is 1.09. The van der Waals surface area contributed by atoms with Gasteiger partial charge in [0, 0.05) is 12.5 Å². The summed E-state index contributed by atoms with van der Waals surface area (Å²) in [6.45, 7) is 0. The molecule has 0 atom stereocenters. The van der Waals surface area contributed by atoms with Gasteiger partial charge in [-0.1, -0.05) is 12.1 Å². The molecule has 3 rings (SSSR count). The average Bonchev–Trinajstić information content (AvgIpc) is 3.11. The topological polar surface area (TPSA) is 42.0 Å². The number of aromatic nitrogens is 1. The normalized spacial score (nSPS) is 14.7. The molecule has 100 valence electrons. The summed E-state index contributed by atoms with van der Waals surface area (Å²) in [6.07, 6.45) is 5.96. The number of carbonyl (C=O) groups is 1. The molecular formula is C15H18N2OS. The average molecular weight is 274 g/mol. The number of fused-ring (bicyclic) bond motifs is 1. The Morgan fingerprint density at radius 2 is 2.16 bits per heavy atom. The number of carbonyl (C=O) groups excluding carboxylic acids is 1. The Morgan fingerprint density at radius 3 is 2.95 bits per heavy atom. The molecule has 1 heterocycles. The first-order valence-electron chi connectivity index (χ1n) is 6.95. The summed E-state index contributed by atoms with van der Waals surface area (Å²) in [5, 5.41) is 4.21. The minimum Gasteiger partial charge on any atom is -0.353 e. The molecule has 1 aromatic heterocycles. The molecule has 1 aromatic carbocycles. The van der Waals surface area contributed by atoms with Crippen LogP contribution in [-0.2, 0) is 11.2 Å². The van der Waals surface area contributed by atoms with Crippen molar-refractivity contribution >= 4 is 27.5 Å². The fourth-order valence-corrected chi connectivity index (χ4v) is 3.13. The predicted molar refractivity (Wildman–Crippen MR) is 78.3 cm³/mol. The van der Waals surface area contributed by atoms with E-state index in [-0.39, 0.29) is 5.91 Å². The number of amides is 1. The highest BCUT2D eigenvalue weighted by Gasteiger charge is 2.22. The van der Waals surface area contributed by atoms with Crippen molar-refractivity contribution in [3.8, 4) is 0 Å². The third-order valence-corrected chi connectivity index (χ3v) is 4.42. The highest BCUT2D eigenvalue weighted by molar-refractivity contribution is 7.18. The maximum atomic E-state index is 11.5. The first-order chi connectivity index (χ1) is 9.31. The van der Waals surface area contributed by atoms with Crippen molar-refractivity contribution in [2.24, 2.45) is 0 Å². The van der Waals surface area contributed by atoms with Crippen LogP contribution in [0.2, 0.25) is 0 Å². The fourth-order valence-electron chi connectivity index (χ4n) is 2.12. The number of hydrogen-bond acceptors (Lipinski definition) is 3. The van der Waals surface area contributed by atoms with Gasteiger partial charge in [-0.2, -0.15) is 0 Å². The van der Waals surface area contributed by atoms with E-state index in [9.17, 15) is 4.79 Å². The van der Waals surface area contributed by atoms with Crippen LogP contribution in [0.1, 0.15) is 37.1 Å². The van der Waals surface area contributed by atoms with Crippen LogP contribution in [0.4, 0.5) is 0 Å². The SMILES string of the molecule is O=C(CCCCc1nc2ccccc2s1)NC1CC1. The summed E-state index contributed by atoms with van der Waals surface area (Å²) in [5.74, 6) is 0.215. The number of unbranched alkanes of at least 4 members (excludes halogenated alkanes) is 1. The van der Waals surface area contributed by atoms with Crippen LogP contribution in [0, 0.1) is 0 Å². The molecule has 0 spiro atoms. The Balaban J connectivity index is 1.42. The molecule has 0 aliphatic heterocycles. The van der Waals surface area contributed by atoms with Gasteiger partial charge in [0.15, 0.2) is 0 Å². The number of para-hydroxylation sites is 1. The Hall–Kier alpha value is -1.42. The van der Waals surface area contributed by atoms with Crippen LogP contribution >= 0.6 is 11.3 Å².